The van der Waals surface area contributed by atoms with Gasteiger partial charge in [-0.1, -0.05) is 30.3 Å². The molecule has 0 unspecified atom stereocenters. The fourth-order valence-electron chi connectivity index (χ4n) is 2.96. The number of carbonyl (C=O) groups excluding carboxylic acids is 2. The molecule has 0 spiro atoms. The molecule has 150 valence electrons. The zero-order valence-electron chi connectivity index (χ0n) is 16.3. The van der Waals surface area contributed by atoms with Crippen LogP contribution in [0.15, 0.2) is 71.3 Å². The Hall–Kier alpha value is -3.58. The number of rotatable bonds is 8. The van der Waals surface area contributed by atoms with Crippen molar-refractivity contribution in [2.75, 3.05) is 24.3 Å². The van der Waals surface area contributed by atoms with Crippen molar-refractivity contribution in [3.63, 3.8) is 0 Å². The molecule has 0 aliphatic heterocycles. The van der Waals surface area contributed by atoms with Crippen LogP contribution in [0.4, 0.5) is 11.4 Å². The number of benzene rings is 2. The van der Waals surface area contributed by atoms with Crippen LogP contribution in [0.3, 0.4) is 0 Å². The van der Waals surface area contributed by atoms with Crippen LogP contribution in [0, 0.1) is 0 Å². The largest absolute Gasteiger partial charge is 0.495 e. The third-order valence-electron chi connectivity index (χ3n) is 4.22. The predicted molar refractivity (Wildman–Crippen MR) is 111 cm³/mol. The van der Waals surface area contributed by atoms with Gasteiger partial charge in [-0.05, 0) is 35.9 Å². The van der Waals surface area contributed by atoms with Crippen molar-refractivity contribution in [3.05, 3.63) is 78.3 Å². The summed E-state index contributed by atoms with van der Waals surface area (Å²) in [7, 11) is 1.52. The van der Waals surface area contributed by atoms with Crippen molar-refractivity contribution in [1.82, 2.24) is 5.32 Å². The Morgan fingerprint density at radius 1 is 1.03 bits per heavy atom. The molecular formula is C22H23N3O4. The van der Waals surface area contributed by atoms with E-state index in [2.05, 4.69) is 16.0 Å². The van der Waals surface area contributed by atoms with E-state index in [1.165, 1.54) is 14.0 Å². The van der Waals surface area contributed by atoms with Gasteiger partial charge in [-0.15, -0.1) is 0 Å². The van der Waals surface area contributed by atoms with E-state index < -0.39 is 0 Å². The number of hydrogen-bond acceptors (Lipinski definition) is 5. The van der Waals surface area contributed by atoms with Crippen LogP contribution in [0.2, 0.25) is 0 Å². The number of amides is 2. The van der Waals surface area contributed by atoms with Crippen molar-refractivity contribution < 1.29 is 18.7 Å². The Bertz CT molecular complexity index is 955. The third kappa shape index (κ3) is 5.46. The van der Waals surface area contributed by atoms with Gasteiger partial charge in [0.1, 0.15) is 11.5 Å². The summed E-state index contributed by atoms with van der Waals surface area (Å²) < 4.78 is 10.8. The van der Waals surface area contributed by atoms with E-state index in [1.807, 2.05) is 42.5 Å². The molecule has 7 nitrogen and oxygen atoms in total. The highest BCUT2D eigenvalue weighted by atomic mass is 16.5. The number of methoxy groups -OCH3 is 1. The Morgan fingerprint density at radius 2 is 1.83 bits per heavy atom. The number of anilines is 2. The quantitative estimate of drug-likeness (QED) is 0.544. The highest BCUT2D eigenvalue weighted by molar-refractivity contribution is 5.95. The van der Waals surface area contributed by atoms with Crippen LogP contribution in [0.5, 0.6) is 5.75 Å². The summed E-state index contributed by atoms with van der Waals surface area (Å²) in [6, 6.07) is 18.2. The highest BCUT2D eigenvalue weighted by Gasteiger charge is 2.18. The number of hydrogen-bond donors (Lipinski definition) is 3. The average Bonchev–Trinajstić information content (AvgIpc) is 3.23. The van der Waals surface area contributed by atoms with Crippen LogP contribution in [-0.2, 0) is 9.59 Å². The fourth-order valence-corrected chi connectivity index (χ4v) is 2.96. The maximum atomic E-state index is 12.6. The maximum absolute atomic E-state index is 12.6. The van der Waals surface area contributed by atoms with E-state index in [0.29, 0.717) is 22.9 Å². The minimum absolute atomic E-state index is 0.0494. The molecule has 1 aromatic heterocycles. The molecule has 0 bridgehead atoms. The minimum Gasteiger partial charge on any atom is -0.495 e. The van der Waals surface area contributed by atoms with Crippen molar-refractivity contribution in [2.24, 2.45) is 0 Å². The van der Waals surface area contributed by atoms with Gasteiger partial charge in [0.2, 0.25) is 11.8 Å². The van der Waals surface area contributed by atoms with Gasteiger partial charge in [-0.2, -0.15) is 0 Å². The molecule has 1 atom stereocenters. The zero-order valence-corrected chi connectivity index (χ0v) is 16.3. The molecule has 2 amide bonds. The standard InChI is InChI=1S/C22H23N3O4/c1-15(26)24-17-10-11-19(28-2)18(13-17)25-21(27)14-23-22(20-9-6-12-29-20)16-7-4-3-5-8-16/h3-13,22-23H,14H2,1-2H3,(H,24,26)(H,25,27)/t22-/m1/s1. The molecule has 3 rings (SSSR count). The smallest absolute Gasteiger partial charge is 0.238 e. The molecule has 0 saturated heterocycles. The second-order valence-electron chi connectivity index (χ2n) is 6.38. The van der Waals surface area contributed by atoms with E-state index in [9.17, 15) is 9.59 Å². The number of carbonyl (C=O) groups is 2. The van der Waals surface area contributed by atoms with Crippen LogP contribution < -0.4 is 20.7 Å². The lowest BCUT2D eigenvalue weighted by Gasteiger charge is -2.18. The second-order valence-corrected chi connectivity index (χ2v) is 6.38. The average molecular weight is 393 g/mol. The Kier molecular flexibility index (Phi) is 6.65. The van der Waals surface area contributed by atoms with E-state index in [4.69, 9.17) is 9.15 Å². The first-order valence-electron chi connectivity index (χ1n) is 9.14. The first kappa shape index (κ1) is 20.2. The van der Waals surface area contributed by atoms with Gasteiger partial charge in [-0.3, -0.25) is 14.9 Å². The maximum Gasteiger partial charge on any atom is 0.238 e. The molecule has 0 aliphatic carbocycles. The van der Waals surface area contributed by atoms with Crippen molar-refractivity contribution in [3.8, 4) is 5.75 Å². The molecule has 3 aromatic rings. The summed E-state index contributed by atoms with van der Waals surface area (Å²) in [6.07, 6.45) is 1.60. The second kappa shape index (κ2) is 9.57. The normalized spacial score (nSPS) is 11.5. The first-order valence-corrected chi connectivity index (χ1v) is 9.14. The molecule has 3 N–H and O–H groups in total. The number of furan rings is 1. The lowest BCUT2D eigenvalue weighted by Crippen LogP contribution is -2.31. The van der Waals surface area contributed by atoms with Crippen LogP contribution in [0.1, 0.15) is 24.3 Å². The predicted octanol–water partition coefficient (Wildman–Crippen LogP) is 3.56. The molecular weight excluding hydrogens is 370 g/mol. The van der Waals surface area contributed by atoms with Gasteiger partial charge >= 0.3 is 0 Å². The van der Waals surface area contributed by atoms with E-state index in [-0.39, 0.29) is 24.4 Å². The topological polar surface area (TPSA) is 92.6 Å². The van der Waals surface area contributed by atoms with Crippen molar-refractivity contribution in [2.45, 2.75) is 13.0 Å². The molecule has 0 aliphatic rings. The van der Waals surface area contributed by atoms with E-state index >= 15 is 0 Å². The molecule has 0 fully saturated rings. The first-order chi connectivity index (χ1) is 14.1. The Balaban J connectivity index is 1.70. The summed E-state index contributed by atoms with van der Waals surface area (Å²) in [5, 5.41) is 8.73. The van der Waals surface area contributed by atoms with Gasteiger partial charge in [-0.25, -0.2) is 0 Å². The zero-order chi connectivity index (χ0) is 20.6. The Morgan fingerprint density at radius 3 is 2.48 bits per heavy atom. The van der Waals surface area contributed by atoms with Gasteiger partial charge < -0.3 is 19.8 Å². The van der Waals surface area contributed by atoms with Crippen molar-refractivity contribution in [1.29, 1.82) is 0 Å². The van der Waals surface area contributed by atoms with E-state index in [1.54, 1.807) is 24.5 Å². The van der Waals surface area contributed by atoms with Gasteiger partial charge in [0, 0.05) is 12.6 Å². The third-order valence-corrected chi connectivity index (χ3v) is 4.22. The molecule has 2 aromatic carbocycles. The van der Waals surface area contributed by atoms with E-state index in [0.717, 1.165) is 5.56 Å². The number of nitrogens with one attached hydrogen (secondary N) is 3. The van der Waals surface area contributed by atoms with Crippen LogP contribution in [-0.4, -0.2) is 25.5 Å². The monoisotopic (exact) mass is 393 g/mol. The van der Waals surface area contributed by atoms with Gasteiger partial charge in [0.05, 0.1) is 31.6 Å². The summed E-state index contributed by atoms with van der Waals surface area (Å²) in [6.45, 7) is 1.47. The van der Waals surface area contributed by atoms with Crippen molar-refractivity contribution >= 4 is 23.2 Å². The molecule has 0 saturated carbocycles. The van der Waals surface area contributed by atoms with Gasteiger partial charge in [0.15, 0.2) is 0 Å². The molecule has 1 heterocycles. The fraction of sp³-hybridized carbons (Fsp3) is 0.182. The summed E-state index contributed by atoms with van der Waals surface area (Å²) in [4.78, 5) is 23.8. The number of ether oxygens (including phenoxy) is 1. The summed E-state index contributed by atoms with van der Waals surface area (Å²) in [5.41, 5.74) is 2.03. The molecule has 7 heteroatoms. The lowest BCUT2D eigenvalue weighted by molar-refractivity contribution is -0.115. The van der Waals surface area contributed by atoms with Gasteiger partial charge in [0.25, 0.3) is 0 Å². The summed E-state index contributed by atoms with van der Waals surface area (Å²) in [5.74, 6) is 0.765. The Labute approximate surface area is 169 Å². The lowest BCUT2D eigenvalue weighted by atomic mass is 10.0. The highest BCUT2D eigenvalue weighted by Crippen LogP contribution is 2.28. The minimum atomic E-state index is -0.260. The molecule has 0 radical (unpaired) electrons. The van der Waals surface area contributed by atoms with Crippen LogP contribution >= 0.6 is 0 Å². The van der Waals surface area contributed by atoms with Crippen LogP contribution in [0.25, 0.3) is 0 Å². The summed E-state index contributed by atoms with van der Waals surface area (Å²) >= 11 is 0. The molecule has 29 heavy (non-hydrogen) atoms. The SMILES string of the molecule is COc1ccc(NC(C)=O)cc1NC(=O)CN[C@H](c1ccccc1)c1ccco1.